The summed E-state index contributed by atoms with van der Waals surface area (Å²) in [5.41, 5.74) is 15.5. The van der Waals surface area contributed by atoms with Gasteiger partial charge in [-0.3, -0.25) is 14.4 Å². The number of fused-ring (bicyclic) bond motifs is 3. The molecule has 0 aliphatic carbocycles. The number of carbonyl (C=O) groups excluding carboxylic acids is 3. The van der Waals surface area contributed by atoms with Crippen molar-refractivity contribution in [3.8, 4) is 0 Å². The number of amides is 3. The molecule has 7 N–H and O–H groups in total. The zero-order chi connectivity index (χ0) is 34.4. The number of nitrogens with zero attached hydrogens (tertiary/aromatic N) is 2. The number of hydrogen-bond acceptors (Lipinski definition) is 7. The van der Waals surface area contributed by atoms with E-state index < -0.39 is 24.0 Å². The number of aromatic nitrogens is 1. The highest BCUT2D eigenvalue weighted by atomic mass is 35.5. The molecule has 0 fully saturated rings. The van der Waals surface area contributed by atoms with Crippen LogP contribution in [-0.4, -0.2) is 65.5 Å². The third kappa shape index (κ3) is 8.34. The number of hydrogen-bond donors (Lipinski definition) is 5. The highest BCUT2D eigenvalue weighted by Crippen LogP contribution is 2.34. The Balaban J connectivity index is 1.55. The number of halogens is 2. The van der Waals surface area contributed by atoms with E-state index in [9.17, 15) is 14.4 Å². The zero-order valence-corrected chi connectivity index (χ0v) is 29.3. The normalized spacial score (nSPS) is 19.8. The number of likely N-dealkylation sites (N-methyl/N-ethyl adjacent to an activating group) is 1. The fourth-order valence-electron chi connectivity index (χ4n) is 5.95. The molecular formula is C35H41Cl2N7O3S. The van der Waals surface area contributed by atoms with Crippen LogP contribution in [0, 0.1) is 0 Å². The van der Waals surface area contributed by atoms with Crippen LogP contribution < -0.4 is 27.4 Å². The number of rotatable bonds is 6. The average Bonchev–Trinajstić information content (AvgIpc) is 3.38. The molecule has 1 aromatic heterocycles. The molecule has 0 saturated carbocycles. The van der Waals surface area contributed by atoms with Gasteiger partial charge in [0.15, 0.2) is 0 Å². The van der Waals surface area contributed by atoms with Crippen LogP contribution in [0.4, 0.5) is 0 Å². The van der Waals surface area contributed by atoms with Gasteiger partial charge < -0.3 is 36.9 Å². The van der Waals surface area contributed by atoms with E-state index in [-0.39, 0.29) is 31.3 Å². The molecule has 254 valence electrons. The minimum Gasteiger partial charge on any atom is -0.350 e. The SMILES string of the molecule is CN1C(=O)[C@H](CN)NC(=O)[C@H](CCCN)NCc2ccccc2Sc2ccc(Cl)cc2CNC(=O)[C@@H]1Cc1cn(C)c2cc(Cl)ccc12. The minimum absolute atomic E-state index is 0.148. The summed E-state index contributed by atoms with van der Waals surface area (Å²) in [6, 6.07) is 16.5. The van der Waals surface area contributed by atoms with Crippen LogP contribution in [0.2, 0.25) is 10.0 Å². The van der Waals surface area contributed by atoms with Gasteiger partial charge in [0.05, 0.1) is 6.04 Å². The van der Waals surface area contributed by atoms with E-state index in [1.165, 1.54) is 4.90 Å². The number of benzene rings is 3. The number of nitrogens with one attached hydrogen (secondary N) is 3. The standard InChI is InChI=1S/C35H41Cl2N7O3S/c1-43-20-23(26-11-9-25(37)16-29(26)43)15-30-34(46)41-19-22-14-24(36)10-12-32(22)48-31-8-4-3-6-21(31)18-40-27(7-5-13-38)33(45)42-28(17-39)35(47)44(30)2/h3-4,6,8-12,14,16,20,27-28,30,40H,5,7,13,15,17-19,38-39H2,1-2H3,(H,41,46)(H,42,45)/t27-,28-,30-/m0/s1. The van der Waals surface area contributed by atoms with Gasteiger partial charge in [-0.1, -0.05) is 59.2 Å². The third-order valence-electron chi connectivity index (χ3n) is 8.64. The van der Waals surface area contributed by atoms with E-state index in [1.54, 1.807) is 24.9 Å². The molecule has 3 atom stereocenters. The van der Waals surface area contributed by atoms with Gasteiger partial charge in [-0.25, -0.2) is 0 Å². The van der Waals surface area contributed by atoms with Crippen LogP contribution in [0.25, 0.3) is 10.9 Å². The Morgan fingerprint density at radius 3 is 2.38 bits per heavy atom. The molecule has 0 unspecified atom stereocenters. The molecule has 2 heterocycles. The van der Waals surface area contributed by atoms with Crippen LogP contribution in [0.1, 0.15) is 29.5 Å². The van der Waals surface area contributed by atoms with Crippen molar-refractivity contribution < 1.29 is 14.4 Å². The van der Waals surface area contributed by atoms with Gasteiger partial charge >= 0.3 is 0 Å². The van der Waals surface area contributed by atoms with Crippen LogP contribution in [0.3, 0.4) is 0 Å². The monoisotopic (exact) mass is 709 g/mol. The van der Waals surface area contributed by atoms with Crippen molar-refractivity contribution in [3.63, 3.8) is 0 Å². The summed E-state index contributed by atoms with van der Waals surface area (Å²) in [6.45, 7) is 0.857. The Hall–Kier alpha value is -3.58. The maximum Gasteiger partial charge on any atom is 0.246 e. The first kappa shape index (κ1) is 35.7. The molecule has 0 bridgehead atoms. The topological polar surface area (TPSA) is 148 Å². The van der Waals surface area contributed by atoms with Gasteiger partial charge in [-0.15, -0.1) is 0 Å². The predicted octanol–water partition coefficient (Wildman–Crippen LogP) is 3.98. The molecule has 1 aliphatic rings. The maximum atomic E-state index is 14.1. The van der Waals surface area contributed by atoms with Crippen molar-refractivity contribution in [1.29, 1.82) is 0 Å². The molecule has 0 saturated heterocycles. The van der Waals surface area contributed by atoms with Gasteiger partial charge in [-0.2, -0.15) is 0 Å². The number of carbonyl (C=O) groups is 3. The average molecular weight is 711 g/mol. The third-order valence-corrected chi connectivity index (χ3v) is 10.3. The first-order valence-electron chi connectivity index (χ1n) is 15.9. The molecule has 4 aromatic rings. The minimum atomic E-state index is -1.05. The van der Waals surface area contributed by atoms with Crippen molar-refractivity contribution in [1.82, 2.24) is 25.4 Å². The maximum absolute atomic E-state index is 14.1. The molecule has 13 heteroatoms. The van der Waals surface area contributed by atoms with Crippen molar-refractivity contribution in [3.05, 3.63) is 93.6 Å². The van der Waals surface area contributed by atoms with Gasteiger partial charge in [0.25, 0.3) is 0 Å². The zero-order valence-electron chi connectivity index (χ0n) is 27.0. The lowest BCUT2D eigenvalue weighted by Gasteiger charge is -2.31. The van der Waals surface area contributed by atoms with Crippen molar-refractivity contribution in [2.45, 2.75) is 60.3 Å². The van der Waals surface area contributed by atoms with E-state index in [0.717, 1.165) is 37.4 Å². The second kappa shape index (κ2) is 16.2. The second-order valence-corrected chi connectivity index (χ2v) is 13.9. The van der Waals surface area contributed by atoms with E-state index in [1.807, 2.05) is 72.4 Å². The summed E-state index contributed by atoms with van der Waals surface area (Å²) >= 11 is 14.3. The summed E-state index contributed by atoms with van der Waals surface area (Å²) in [6.07, 6.45) is 3.23. The molecule has 0 spiro atoms. The van der Waals surface area contributed by atoms with Crippen molar-refractivity contribution >= 4 is 63.6 Å². The Morgan fingerprint density at radius 2 is 1.60 bits per heavy atom. The van der Waals surface area contributed by atoms with Gasteiger partial charge in [-0.05, 0) is 72.5 Å². The number of aryl methyl sites for hydroxylation is 1. The van der Waals surface area contributed by atoms with Crippen molar-refractivity contribution in [2.75, 3.05) is 20.1 Å². The Labute approximate surface area is 294 Å². The lowest BCUT2D eigenvalue weighted by Crippen LogP contribution is -2.59. The summed E-state index contributed by atoms with van der Waals surface area (Å²) in [5.74, 6) is -1.19. The van der Waals surface area contributed by atoms with Crippen LogP contribution in [0.5, 0.6) is 0 Å². The fraction of sp³-hybridized carbons (Fsp3) is 0.343. The van der Waals surface area contributed by atoms with E-state index >= 15 is 0 Å². The Morgan fingerprint density at radius 1 is 0.875 bits per heavy atom. The van der Waals surface area contributed by atoms with Crippen LogP contribution in [0.15, 0.2) is 76.7 Å². The quantitative estimate of drug-likeness (QED) is 0.204. The predicted molar refractivity (Wildman–Crippen MR) is 192 cm³/mol. The molecule has 5 rings (SSSR count). The second-order valence-electron chi connectivity index (χ2n) is 11.9. The summed E-state index contributed by atoms with van der Waals surface area (Å²) < 4.78 is 1.94. The lowest BCUT2D eigenvalue weighted by molar-refractivity contribution is -0.141. The summed E-state index contributed by atoms with van der Waals surface area (Å²) in [7, 11) is 3.48. The van der Waals surface area contributed by atoms with E-state index in [0.29, 0.717) is 36.0 Å². The van der Waals surface area contributed by atoms with Gasteiger partial charge in [0.1, 0.15) is 12.1 Å². The van der Waals surface area contributed by atoms with Crippen molar-refractivity contribution in [2.24, 2.45) is 18.5 Å². The number of nitrogens with two attached hydrogens (primary N) is 2. The Bertz CT molecular complexity index is 1800. The highest BCUT2D eigenvalue weighted by molar-refractivity contribution is 7.99. The Kier molecular flexibility index (Phi) is 12.1. The van der Waals surface area contributed by atoms with E-state index in [4.69, 9.17) is 34.7 Å². The fourth-order valence-corrected chi connectivity index (χ4v) is 7.36. The summed E-state index contributed by atoms with van der Waals surface area (Å²) in [4.78, 5) is 45.1. The molecule has 10 nitrogen and oxygen atoms in total. The molecule has 0 radical (unpaired) electrons. The largest absolute Gasteiger partial charge is 0.350 e. The molecule has 1 aliphatic heterocycles. The van der Waals surface area contributed by atoms with Gasteiger partial charge in [0, 0.05) is 77.1 Å². The molecular weight excluding hydrogens is 669 g/mol. The molecule has 3 amide bonds. The smallest absolute Gasteiger partial charge is 0.246 e. The summed E-state index contributed by atoms with van der Waals surface area (Å²) in [5, 5.41) is 11.4. The molecule has 3 aromatic carbocycles. The van der Waals surface area contributed by atoms with Crippen LogP contribution >= 0.6 is 35.0 Å². The highest BCUT2D eigenvalue weighted by Gasteiger charge is 2.34. The lowest BCUT2D eigenvalue weighted by atomic mass is 10.0. The first-order valence-corrected chi connectivity index (χ1v) is 17.4. The van der Waals surface area contributed by atoms with Gasteiger partial charge in [0.2, 0.25) is 17.7 Å². The molecule has 48 heavy (non-hydrogen) atoms. The van der Waals surface area contributed by atoms with Crippen LogP contribution in [-0.2, 0) is 40.9 Å². The first-order chi connectivity index (χ1) is 23.1. The van der Waals surface area contributed by atoms with E-state index in [2.05, 4.69) is 16.0 Å².